The highest BCUT2D eigenvalue weighted by molar-refractivity contribution is 8.00. The SMILES string of the molecule is CC[C@@H](Sc1ccc(N=Cc2cccnc2Cl)cc1)C(=O)Nc1sc2c(c1C#N)CC[C@H](C)C2. The number of hydrogen-bond donors (Lipinski definition) is 1. The minimum atomic E-state index is -0.256. The molecule has 2 aromatic heterocycles. The van der Waals surface area contributed by atoms with Crippen molar-refractivity contribution in [1.29, 1.82) is 5.26 Å². The fraction of sp³-hybridized carbons (Fsp3) is 0.308. The highest BCUT2D eigenvalue weighted by atomic mass is 35.5. The number of fused-ring (bicyclic) bond motifs is 1. The van der Waals surface area contributed by atoms with E-state index < -0.39 is 0 Å². The Kier molecular flexibility index (Phi) is 8.04. The highest BCUT2D eigenvalue weighted by Crippen LogP contribution is 2.39. The van der Waals surface area contributed by atoms with Crippen LogP contribution in [0.2, 0.25) is 5.15 Å². The summed E-state index contributed by atoms with van der Waals surface area (Å²) in [5.41, 5.74) is 3.33. The molecule has 1 amide bonds. The number of benzene rings is 1. The van der Waals surface area contributed by atoms with Crippen LogP contribution in [0.25, 0.3) is 0 Å². The molecule has 1 aliphatic rings. The second-order valence-electron chi connectivity index (χ2n) is 8.31. The molecule has 0 spiro atoms. The predicted octanol–water partition coefficient (Wildman–Crippen LogP) is 7.05. The molecule has 0 fully saturated rings. The van der Waals surface area contributed by atoms with Crippen molar-refractivity contribution in [2.75, 3.05) is 5.32 Å². The number of carbonyl (C=O) groups excluding carboxylic acids is 1. The number of rotatable bonds is 7. The quantitative estimate of drug-likeness (QED) is 0.210. The molecule has 3 aromatic rings. The van der Waals surface area contributed by atoms with Crippen LogP contribution < -0.4 is 5.32 Å². The van der Waals surface area contributed by atoms with Gasteiger partial charge in [-0.25, -0.2) is 4.98 Å². The summed E-state index contributed by atoms with van der Waals surface area (Å²) in [6, 6.07) is 13.7. The maximum Gasteiger partial charge on any atom is 0.238 e. The Morgan fingerprint density at radius 3 is 2.91 bits per heavy atom. The Morgan fingerprint density at radius 2 is 2.21 bits per heavy atom. The van der Waals surface area contributed by atoms with Crippen LogP contribution in [0, 0.1) is 17.2 Å². The lowest BCUT2D eigenvalue weighted by atomic mass is 9.88. The molecule has 0 saturated carbocycles. The zero-order valence-corrected chi connectivity index (χ0v) is 21.4. The van der Waals surface area contributed by atoms with Gasteiger partial charge in [0.1, 0.15) is 16.2 Å². The van der Waals surface area contributed by atoms with Crippen molar-refractivity contribution in [3.8, 4) is 6.07 Å². The van der Waals surface area contributed by atoms with Crippen LogP contribution in [0.1, 0.15) is 48.3 Å². The smallest absolute Gasteiger partial charge is 0.238 e. The first-order valence-corrected chi connectivity index (χ1v) is 13.3. The molecular formula is C26H25ClN4OS2. The van der Waals surface area contributed by atoms with Gasteiger partial charge in [-0.05, 0) is 73.6 Å². The third-order valence-corrected chi connectivity index (χ3v) is 8.64. The number of thiophene rings is 1. The summed E-state index contributed by atoms with van der Waals surface area (Å²) in [7, 11) is 0. The molecule has 1 N–H and O–H groups in total. The van der Waals surface area contributed by atoms with E-state index in [4.69, 9.17) is 11.6 Å². The second kappa shape index (κ2) is 11.2. The second-order valence-corrected chi connectivity index (χ2v) is 11.0. The number of aromatic nitrogens is 1. The van der Waals surface area contributed by atoms with Gasteiger partial charge >= 0.3 is 0 Å². The predicted molar refractivity (Wildman–Crippen MR) is 142 cm³/mol. The summed E-state index contributed by atoms with van der Waals surface area (Å²) in [6.07, 6.45) is 7.00. The van der Waals surface area contributed by atoms with E-state index in [1.807, 2.05) is 43.3 Å². The lowest BCUT2D eigenvalue weighted by Crippen LogP contribution is -2.24. The van der Waals surface area contributed by atoms with Crippen molar-refractivity contribution in [2.24, 2.45) is 10.9 Å². The topological polar surface area (TPSA) is 78.1 Å². The van der Waals surface area contributed by atoms with E-state index in [0.29, 0.717) is 28.1 Å². The average molecular weight is 509 g/mol. The third kappa shape index (κ3) is 5.69. The summed E-state index contributed by atoms with van der Waals surface area (Å²) in [4.78, 5) is 23.8. The molecule has 4 rings (SSSR count). The normalized spacial score (nSPS) is 16.1. The Balaban J connectivity index is 1.42. The Bertz CT molecular complexity index is 1250. The van der Waals surface area contributed by atoms with Gasteiger partial charge < -0.3 is 5.32 Å². The summed E-state index contributed by atoms with van der Waals surface area (Å²) in [6.45, 7) is 4.24. The largest absolute Gasteiger partial charge is 0.316 e. The molecule has 0 aliphatic heterocycles. The molecule has 1 aromatic carbocycles. The Morgan fingerprint density at radius 1 is 1.41 bits per heavy atom. The van der Waals surface area contributed by atoms with E-state index in [-0.39, 0.29) is 11.2 Å². The molecule has 34 heavy (non-hydrogen) atoms. The van der Waals surface area contributed by atoms with Crippen molar-refractivity contribution in [2.45, 2.75) is 49.7 Å². The van der Waals surface area contributed by atoms with E-state index in [1.165, 1.54) is 16.6 Å². The molecule has 8 heteroatoms. The Hall–Kier alpha value is -2.66. The third-order valence-electron chi connectivity index (χ3n) is 5.78. The molecule has 0 unspecified atom stereocenters. The van der Waals surface area contributed by atoms with Crippen molar-refractivity contribution in [1.82, 2.24) is 4.98 Å². The van der Waals surface area contributed by atoms with Crippen LogP contribution in [-0.2, 0) is 17.6 Å². The van der Waals surface area contributed by atoms with Crippen molar-refractivity contribution in [3.05, 3.63) is 69.3 Å². The van der Waals surface area contributed by atoms with Crippen molar-refractivity contribution in [3.63, 3.8) is 0 Å². The van der Waals surface area contributed by atoms with Gasteiger partial charge in [-0.15, -0.1) is 23.1 Å². The van der Waals surface area contributed by atoms with E-state index in [1.54, 1.807) is 23.7 Å². The fourth-order valence-corrected chi connectivity index (χ4v) is 6.37. The number of thioether (sulfide) groups is 1. The number of nitrogens with one attached hydrogen (secondary N) is 1. The number of halogens is 1. The van der Waals surface area contributed by atoms with Crippen molar-refractivity contribution >= 4 is 57.5 Å². The molecule has 0 radical (unpaired) electrons. The fourth-order valence-electron chi connectivity index (χ4n) is 3.89. The van der Waals surface area contributed by atoms with Gasteiger partial charge in [-0.1, -0.05) is 25.4 Å². The van der Waals surface area contributed by atoms with E-state index in [9.17, 15) is 10.1 Å². The van der Waals surface area contributed by atoms with Gasteiger partial charge in [-0.3, -0.25) is 9.79 Å². The molecule has 5 nitrogen and oxygen atoms in total. The lowest BCUT2D eigenvalue weighted by Gasteiger charge is -2.17. The lowest BCUT2D eigenvalue weighted by molar-refractivity contribution is -0.115. The van der Waals surface area contributed by atoms with Crippen LogP contribution in [0.15, 0.2) is 52.5 Å². The maximum absolute atomic E-state index is 13.1. The maximum atomic E-state index is 13.1. The van der Waals surface area contributed by atoms with Gasteiger partial charge in [0.2, 0.25) is 5.91 Å². The number of nitrogens with zero attached hydrogens (tertiary/aromatic N) is 3. The number of anilines is 1. The number of amides is 1. The number of aliphatic imine (C=N–C) groups is 1. The average Bonchev–Trinajstić information content (AvgIpc) is 3.18. The zero-order valence-electron chi connectivity index (χ0n) is 19.0. The molecule has 0 bridgehead atoms. The van der Waals surface area contributed by atoms with Crippen LogP contribution in [0.5, 0.6) is 0 Å². The summed E-state index contributed by atoms with van der Waals surface area (Å²) >= 11 is 9.15. The van der Waals surface area contributed by atoms with E-state index >= 15 is 0 Å². The van der Waals surface area contributed by atoms with E-state index in [2.05, 4.69) is 28.3 Å². The van der Waals surface area contributed by atoms with Crippen molar-refractivity contribution < 1.29 is 4.79 Å². The minimum absolute atomic E-state index is 0.0658. The number of nitriles is 1. The molecule has 174 valence electrons. The molecule has 0 saturated heterocycles. The first-order valence-electron chi connectivity index (χ1n) is 11.2. The number of hydrogen-bond acceptors (Lipinski definition) is 6. The number of carbonyl (C=O) groups is 1. The first-order chi connectivity index (χ1) is 16.5. The van der Waals surface area contributed by atoms with Crippen LogP contribution in [0.4, 0.5) is 10.7 Å². The minimum Gasteiger partial charge on any atom is -0.316 e. The van der Waals surface area contributed by atoms with Gasteiger partial charge in [0, 0.05) is 27.7 Å². The summed E-state index contributed by atoms with van der Waals surface area (Å²) in [5.74, 6) is 0.554. The molecule has 2 heterocycles. The van der Waals surface area contributed by atoms with Gasteiger partial charge in [0.25, 0.3) is 0 Å². The van der Waals surface area contributed by atoms with E-state index in [0.717, 1.165) is 41.0 Å². The molecular weight excluding hydrogens is 484 g/mol. The van der Waals surface area contributed by atoms with Crippen LogP contribution in [-0.4, -0.2) is 22.4 Å². The standard InChI is InChI=1S/C26H25ClN4OS2/c1-3-22(25(32)31-26-21(14-28)20-11-6-16(2)13-23(20)34-26)33-19-9-7-18(8-10-19)30-15-17-5-4-12-29-24(17)27/h4-5,7-10,12,15-16,22H,3,6,11,13H2,1-2H3,(H,31,32)/t16-,22+/m0/s1. The van der Waals surface area contributed by atoms with Crippen LogP contribution in [0.3, 0.4) is 0 Å². The number of pyridine rings is 1. The van der Waals surface area contributed by atoms with Gasteiger partial charge in [0.15, 0.2) is 0 Å². The molecule has 2 atom stereocenters. The zero-order chi connectivity index (χ0) is 24.1. The first kappa shape index (κ1) is 24.5. The highest BCUT2D eigenvalue weighted by Gasteiger charge is 2.26. The summed E-state index contributed by atoms with van der Waals surface area (Å²) < 4.78 is 0. The van der Waals surface area contributed by atoms with Gasteiger partial charge in [-0.2, -0.15) is 5.26 Å². The monoisotopic (exact) mass is 508 g/mol. The summed E-state index contributed by atoms with van der Waals surface area (Å²) in [5, 5.41) is 13.6. The van der Waals surface area contributed by atoms with Crippen LogP contribution >= 0.6 is 34.7 Å². The molecule has 1 aliphatic carbocycles. The van der Waals surface area contributed by atoms with Gasteiger partial charge in [0.05, 0.1) is 16.5 Å². The Labute approximate surface area is 213 Å².